The van der Waals surface area contributed by atoms with Crippen molar-refractivity contribution >= 4 is 11.9 Å². The molecule has 3 rings (SSSR count). The lowest BCUT2D eigenvalue weighted by Gasteiger charge is -2.17. The van der Waals surface area contributed by atoms with Crippen molar-refractivity contribution in [3.63, 3.8) is 0 Å². The van der Waals surface area contributed by atoms with Gasteiger partial charge in [0.1, 0.15) is 18.5 Å². The van der Waals surface area contributed by atoms with Crippen LogP contribution >= 0.6 is 0 Å². The summed E-state index contributed by atoms with van der Waals surface area (Å²) < 4.78 is 15.2. The van der Waals surface area contributed by atoms with Crippen molar-refractivity contribution in [1.82, 2.24) is 30.3 Å². The molecule has 2 heterocycles. The van der Waals surface area contributed by atoms with Crippen LogP contribution in [0.4, 0.5) is 9.18 Å². The molecular weight excluding hydrogens is 327 g/mol. The number of rotatable bonds is 5. The predicted octanol–water partition coefficient (Wildman–Crippen LogP) is 0.804. The maximum atomic E-state index is 13.5. The van der Waals surface area contributed by atoms with Gasteiger partial charge in [-0.05, 0) is 18.6 Å². The maximum Gasteiger partial charge on any atom is 0.317 e. The first-order valence-corrected chi connectivity index (χ1v) is 8.05. The van der Waals surface area contributed by atoms with Gasteiger partial charge < -0.3 is 15.5 Å². The Morgan fingerprint density at radius 2 is 2.04 bits per heavy atom. The van der Waals surface area contributed by atoms with Gasteiger partial charge in [0.2, 0.25) is 0 Å². The molecule has 0 bridgehead atoms. The molecule has 1 fully saturated rings. The van der Waals surface area contributed by atoms with Gasteiger partial charge in [-0.2, -0.15) is 5.10 Å². The van der Waals surface area contributed by atoms with Crippen molar-refractivity contribution in [1.29, 1.82) is 0 Å². The van der Waals surface area contributed by atoms with E-state index in [1.54, 1.807) is 22.0 Å². The van der Waals surface area contributed by atoms with Crippen molar-refractivity contribution < 1.29 is 14.0 Å². The van der Waals surface area contributed by atoms with Gasteiger partial charge in [0.25, 0.3) is 5.91 Å². The van der Waals surface area contributed by atoms with Crippen LogP contribution in [0.25, 0.3) is 0 Å². The molecular formula is C16H19FN6O2. The molecule has 0 unspecified atom stereocenters. The lowest BCUT2D eigenvalue weighted by atomic mass is 10.2. The maximum absolute atomic E-state index is 13.5. The van der Waals surface area contributed by atoms with Gasteiger partial charge in [0.05, 0.1) is 11.6 Å². The molecule has 2 N–H and O–H groups in total. The first-order chi connectivity index (χ1) is 12.1. The van der Waals surface area contributed by atoms with Gasteiger partial charge in [-0.1, -0.05) is 12.1 Å². The monoisotopic (exact) mass is 346 g/mol. The number of halogens is 1. The van der Waals surface area contributed by atoms with E-state index >= 15 is 0 Å². The van der Waals surface area contributed by atoms with Gasteiger partial charge in [-0.3, -0.25) is 4.79 Å². The Balaban J connectivity index is 1.39. The molecule has 1 aliphatic heterocycles. The number of benzene rings is 1. The molecule has 25 heavy (non-hydrogen) atoms. The minimum atomic E-state index is -0.569. The number of likely N-dealkylation sites (tertiary alicyclic amines) is 1. The molecule has 0 aliphatic carbocycles. The highest BCUT2D eigenvalue weighted by Gasteiger charge is 2.27. The van der Waals surface area contributed by atoms with Gasteiger partial charge in [0, 0.05) is 26.2 Å². The summed E-state index contributed by atoms with van der Waals surface area (Å²) in [5.41, 5.74) is -0.0101. The summed E-state index contributed by atoms with van der Waals surface area (Å²) in [5, 5.41) is 9.42. The summed E-state index contributed by atoms with van der Waals surface area (Å²) in [6.07, 6.45) is 3.94. The van der Waals surface area contributed by atoms with Crippen LogP contribution in [0.2, 0.25) is 0 Å². The normalized spacial score (nSPS) is 16.7. The molecule has 1 aromatic heterocycles. The predicted molar refractivity (Wildman–Crippen MR) is 87.4 cm³/mol. The van der Waals surface area contributed by atoms with Crippen molar-refractivity contribution in [2.24, 2.45) is 0 Å². The zero-order valence-corrected chi connectivity index (χ0v) is 13.6. The van der Waals surface area contributed by atoms with Crippen molar-refractivity contribution in [3.8, 4) is 0 Å². The Kier molecular flexibility index (Phi) is 5.22. The lowest BCUT2D eigenvalue weighted by molar-refractivity contribution is 0.0949. The minimum absolute atomic E-state index is 0.0101. The summed E-state index contributed by atoms with van der Waals surface area (Å²) in [5.74, 6) is -1.07. The van der Waals surface area contributed by atoms with E-state index in [9.17, 15) is 14.0 Å². The second-order valence-electron chi connectivity index (χ2n) is 5.73. The third-order valence-corrected chi connectivity index (χ3v) is 4.07. The van der Waals surface area contributed by atoms with Crippen LogP contribution in [-0.2, 0) is 0 Å². The molecule has 0 saturated carbocycles. The van der Waals surface area contributed by atoms with E-state index in [0.29, 0.717) is 13.1 Å². The van der Waals surface area contributed by atoms with Gasteiger partial charge in [-0.25, -0.2) is 18.9 Å². The van der Waals surface area contributed by atoms with Gasteiger partial charge in [0.15, 0.2) is 0 Å². The Labute approximate surface area is 144 Å². The van der Waals surface area contributed by atoms with E-state index in [2.05, 4.69) is 20.7 Å². The summed E-state index contributed by atoms with van der Waals surface area (Å²) >= 11 is 0. The van der Waals surface area contributed by atoms with Crippen molar-refractivity contribution in [2.45, 2.75) is 12.5 Å². The first kappa shape index (κ1) is 16.9. The average molecular weight is 346 g/mol. The summed E-state index contributed by atoms with van der Waals surface area (Å²) in [7, 11) is 0. The number of nitrogens with one attached hydrogen (secondary N) is 2. The summed E-state index contributed by atoms with van der Waals surface area (Å²) in [6, 6.07) is 5.71. The van der Waals surface area contributed by atoms with Crippen molar-refractivity contribution in [2.75, 3.05) is 26.2 Å². The quantitative estimate of drug-likeness (QED) is 0.784. The first-order valence-electron chi connectivity index (χ1n) is 8.05. The summed E-state index contributed by atoms with van der Waals surface area (Å²) in [6.45, 7) is 1.69. The second-order valence-corrected chi connectivity index (χ2v) is 5.73. The molecule has 1 saturated heterocycles. The fraction of sp³-hybridized carbons (Fsp3) is 0.375. The molecule has 0 spiro atoms. The number of carbonyl (C=O) groups is 2. The smallest absolute Gasteiger partial charge is 0.317 e. The molecule has 132 valence electrons. The Morgan fingerprint density at radius 3 is 2.80 bits per heavy atom. The van der Waals surface area contributed by atoms with Gasteiger partial charge >= 0.3 is 6.03 Å². The van der Waals surface area contributed by atoms with E-state index in [0.717, 1.165) is 6.42 Å². The molecule has 1 atom stereocenters. The molecule has 9 heteroatoms. The van der Waals surface area contributed by atoms with Crippen LogP contribution in [0.5, 0.6) is 0 Å². The SMILES string of the molecule is O=C(NCCNC(=O)N1CC[C@H](n2cncn2)C1)c1ccccc1F. The van der Waals surface area contributed by atoms with E-state index in [-0.39, 0.29) is 30.7 Å². The molecule has 8 nitrogen and oxygen atoms in total. The van der Waals surface area contributed by atoms with E-state index in [4.69, 9.17) is 0 Å². The minimum Gasteiger partial charge on any atom is -0.350 e. The topological polar surface area (TPSA) is 92.2 Å². The van der Waals surface area contributed by atoms with Crippen LogP contribution in [0, 0.1) is 5.82 Å². The Hall–Kier alpha value is -2.97. The third kappa shape index (κ3) is 4.11. The number of aromatic nitrogens is 3. The highest BCUT2D eigenvalue weighted by Crippen LogP contribution is 2.19. The lowest BCUT2D eigenvalue weighted by Crippen LogP contribution is -2.42. The molecule has 1 aromatic carbocycles. The van der Waals surface area contributed by atoms with E-state index in [1.165, 1.54) is 24.5 Å². The Bertz CT molecular complexity index is 736. The highest BCUT2D eigenvalue weighted by molar-refractivity contribution is 5.94. The van der Waals surface area contributed by atoms with Crippen LogP contribution < -0.4 is 10.6 Å². The standard InChI is InChI=1S/C16H19FN6O2/c17-14-4-2-1-3-13(14)15(24)19-6-7-20-16(25)22-8-5-12(9-22)23-11-18-10-21-23/h1-4,10-12H,5-9H2,(H,19,24)(H,20,25)/t12-/m0/s1. The number of amides is 3. The Morgan fingerprint density at radius 1 is 1.24 bits per heavy atom. The molecule has 3 amide bonds. The van der Waals surface area contributed by atoms with Crippen LogP contribution in [0.1, 0.15) is 22.8 Å². The zero-order valence-electron chi connectivity index (χ0n) is 13.6. The average Bonchev–Trinajstić information content (AvgIpc) is 3.29. The summed E-state index contributed by atoms with van der Waals surface area (Å²) in [4.78, 5) is 29.6. The van der Waals surface area contributed by atoms with Crippen LogP contribution in [-0.4, -0.2) is 57.8 Å². The van der Waals surface area contributed by atoms with Crippen molar-refractivity contribution in [3.05, 3.63) is 48.3 Å². The zero-order chi connectivity index (χ0) is 17.6. The second kappa shape index (κ2) is 7.73. The molecule has 2 aromatic rings. The number of nitrogens with zero attached hydrogens (tertiary/aromatic N) is 4. The number of hydrogen-bond donors (Lipinski definition) is 2. The van der Waals surface area contributed by atoms with Crippen LogP contribution in [0.15, 0.2) is 36.9 Å². The fourth-order valence-electron chi connectivity index (χ4n) is 2.75. The van der Waals surface area contributed by atoms with E-state index in [1.807, 2.05) is 0 Å². The van der Waals surface area contributed by atoms with E-state index < -0.39 is 11.7 Å². The number of hydrogen-bond acceptors (Lipinski definition) is 4. The fourth-order valence-corrected chi connectivity index (χ4v) is 2.75. The highest BCUT2D eigenvalue weighted by atomic mass is 19.1. The number of urea groups is 1. The molecule has 0 radical (unpaired) electrons. The third-order valence-electron chi connectivity index (χ3n) is 4.07. The van der Waals surface area contributed by atoms with Gasteiger partial charge in [-0.15, -0.1) is 0 Å². The molecule has 1 aliphatic rings. The van der Waals surface area contributed by atoms with Crippen LogP contribution in [0.3, 0.4) is 0 Å². The number of carbonyl (C=O) groups excluding carboxylic acids is 2. The largest absolute Gasteiger partial charge is 0.350 e.